The largest absolute Gasteiger partial charge is 0.490 e. The molecule has 1 atom stereocenters. The highest BCUT2D eigenvalue weighted by Gasteiger charge is 2.10. The smallest absolute Gasteiger partial charge is 0.198 e. The fourth-order valence-corrected chi connectivity index (χ4v) is 2.77. The molecule has 3 rings (SSSR count). The number of hydrogen-bond acceptors (Lipinski definition) is 5. The number of hydrogen-bond donors (Lipinski definition) is 3. The topological polar surface area (TPSA) is 107 Å². The number of nitrogens with two attached hydrogens (primary N) is 2. The van der Waals surface area contributed by atoms with Gasteiger partial charge in [0.2, 0.25) is 0 Å². The molecule has 0 saturated heterocycles. The molecule has 0 amide bonds. The van der Waals surface area contributed by atoms with Gasteiger partial charge < -0.3 is 16.6 Å². The summed E-state index contributed by atoms with van der Waals surface area (Å²) < 4.78 is 0. The van der Waals surface area contributed by atoms with Crippen molar-refractivity contribution in [3.8, 4) is 0 Å². The van der Waals surface area contributed by atoms with Gasteiger partial charge in [0.15, 0.2) is 5.82 Å². The lowest BCUT2D eigenvalue weighted by molar-refractivity contribution is -0.550. The van der Waals surface area contributed by atoms with Crippen molar-refractivity contribution >= 4 is 28.6 Å². The SMILES string of the molecule is CCC(C)C1=C[N-][NH2+]C(Nc2ccc3ncc(C(C=NC)=CN)cc3n2)=C1. The van der Waals surface area contributed by atoms with Crippen molar-refractivity contribution in [3.63, 3.8) is 0 Å². The van der Waals surface area contributed by atoms with Crippen LogP contribution in [0, 0.1) is 5.92 Å². The van der Waals surface area contributed by atoms with Gasteiger partial charge in [-0.2, -0.15) is 0 Å². The van der Waals surface area contributed by atoms with E-state index in [4.69, 9.17) is 5.73 Å². The molecule has 7 nitrogen and oxygen atoms in total. The van der Waals surface area contributed by atoms with Crippen LogP contribution in [0.1, 0.15) is 25.8 Å². The predicted molar refractivity (Wildman–Crippen MR) is 111 cm³/mol. The second-order valence-corrected chi connectivity index (χ2v) is 6.41. The monoisotopic (exact) mass is 363 g/mol. The van der Waals surface area contributed by atoms with Crippen molar-refractivity contribution in [3.05, 3.63) is 65.3 Å². The molecule has 0 spiro atoms. The second-order valence-electron chi connectivity index (χ2n) is 6.41. The van der Waals surface area contributed by atoms with Crippen LogP contribution >= 0.6 is 0 Å². The van der Waals surface area contributed by atoms with Crippen LogP contribution in [0.2, 0.25) is 0 Å². The summed E-state index contributed by atoms with van der Waals surface area (Å²) in [4.78, 5) is 13.2. The Morgan fingerprint density at radius 3 is 3.00 bits per heavy atom. The van der Waals surface area contributed by atoms with Gasteiger partial charge in [-0.3, -0.25) is 15.3 Å². The van der Waals surface area contributed by atoms with E-state index >= 15 is 0 Å². The number of nitrogens with zero attached hydrogens (tertiary/aromatic N) is 4. The number of fused-ring (bicyclic) bond motifs is 1. The maximum Gasteiger partial charge on any atom is 0.198 e. The van der Waals surface area contributed by atoms with Crippen LogP contribution in [-0.4, -0.2) is 23.2 Å². The predicted octanol–water partition coefficient (Wildman–Crippen LogP) is 2.68. The highest BCUT2D eigenvalue weighted by molar-refractivity contribution is 6.10. The van der Waals surface area contributed by atoms with Crippen LogP contribution < -0.4 is 16.5 Å². The Morgan fingerprint density at radius 2 is 2.26 bits per heavy atom. The van der Waals surface area contributed by atoms with Gasteiger partial charge in [-0.05, 0) is 30.5 Å². The van der Waals surface area contributed by atoms with Crippen LogP contribution in [0.15, 0.2) is 59.3 Å². The van der Waals surface area contributed by atoms with Crippen LogP contribution in [-0.2, 0) is 0 Å². The highest BCUT2D eigenvalue weighted by Crippen LogP contribution is 2.21. The molecule has 1 unspecified atom stereocenters. The Bertz CT molecular complexity index is 940. The third-order valence-electron chi connectivity index (χ3n) is 4.53. The first-order valence-corrected chi connectivity index (χ1v) is 8.97. The minimum absolute atomic E-state index is 0.470. The van der Waals surface area contributed by atoms with Crippen molar-refractivity contribution in [2.45, 2.75) is 20.3 Å². The number of pyridine rings is 2. The number of rotatable bonds is 6. The van der Waals surface area contributed by atoms with Crippen molar-refractivity contribution in [2.75, 3.05) is 12.4 Å². The van der Waals surface area contributed by atoms with Gasteiger partial charge in [0.05, 0.1) is 11.0 Å². The van der Waals surface area contributed by atoms with E-state index in [1.165, 1.54) is 11.8 Å². The number of quaternary nitrogens is 1. The standard InChI is InChI=1S/C20H25N7/c1-4-13(2)14-8-20(27-24-12-14)26-19-6-5-17-18(25-19)7-15(11-23-17)16(9-21)10-22-3/h5-13H,4,21,27H2,1-3H3,(H,25,26). The van der Waals surface area contributed by atoms with Crippen molar-refractivity contribution in [1.29, 1.82) is 0 Å². The Balaban J connectivity index is 1.88. The average molecular weight is 363 g/mol. The van der Waals surface area contributed by atoms with E-state index in [1.807, 2.05) is 24.4 Å². The molecule has 27 heavy (non-hydrogen) atoms. The number of aromatic nitrogens is 2. The Labute approximate surface area is 159 Å². The van der Waals surface area contributed by atoms with Crippen molar-refractivity contribution in [2.24, 2.45) is 16.6 Å². The molecule has 0 radical (unpaired) electrons. The first kappa shape index (κ1) is 18.6. The second kappa shape index (κ2) is 8.46. The molecular weight excluding hydrogens is 338 g/mol. The zero-order valence-corrected chi connectivity index (χ0v) is 15.8. The zero-order chi connectivity index (χ0) is 19.2. The van der Waals surface area contributed by atoms with Gasteiger partial charge in [0, 0.05) is 42.9 Å². The van der Waals surface area contributed by atoms with Gasteiger partial charge in [-0.15, -0.1) is 6.20 Å². The number of anilines is 1. The summed E-state index contributed by atoms with van der Waals surface area (Å²) in [6.45, 7) is 4.37. The third kappa shape index (κ3) is 4.32. The quantitative estimate of drug-likeness (QED) is 0.542. The van der Waals surface area contributed by atoms with E-state index in [1.54, 1.807) is 24.9 Å². The maximum atomic E-state index is 5.70. The fourth-order valence-electron chi connectivity index (χ4n) is 2.77. The summed E-state index contributed by atoms with van der Waals surface area (Å²) in [5.74, 6) is 2.13. The van der Waals surface area contributed by atoms with E-state index in [2.05, 4.69) is 45.6 Å². The summed E-state index contributed by atoms with van der Waals surface area (Å²) in [5.41, 5.74) is 16.3. The van der Waals surface area contributed by atoms with E-state index in [9.17, 15) is 0 Å². The minimum Gasteiger partial charge on any atom is -0.490 e. The van der Waals surface area contributed by atoms with E-state index in [0.29, 0.717) is 5.92 Å². The number of aliphatic imine (C=N–C) groups is 1. The molecule has 7 heteroatoms. The lowest BCUT2D eigenvalue weighted by Crippen LogP contribution is -2.78. The van der Waals surface area contributed by atoms with Crippen LogP contribution in [0.25, 0.3) is 22.0 Å². The van der Waals surface area contributed by atoms with Gasteiger partial charge in [0.1, 0.15) is 5.82 Å². The van der Waals surface area contributed by atoms with Gasteiger partial charge in [-0.25, -0.2) is 4.98 Å². The van der Waals surface area contributed by atoms with E-state index in [-0.39, 0.29) is 0 Å². The third-order valence-corrected chi connectivity index (χ3v) is 4.53. The van der Waals surface area contributed by atoms with Crippen molar-refractivity contribution < 1.29 is 5.43 Å². The first-order valence-electron chi connectivity index (χ1n) is 8.97. The Hall–Kier alpha value is -3.19. The molecule has 0 bridgehead atoms. The van der Waals surface area contributed by atoms with Crippen LogP contribution in [0.3, 0.4) is 0 Å². The normalized spacial score (nSPS) is 16.0. The molecule has 140 valence electrons. The van der Waals surface area contributed by atoms with Crippen molar-refractivity contribution in [1.82, 2.24) is 9.97 Å². The Kier molecular flexibility index (Phi) is 5.83. The fraction of sp³-hybridized carbons (Fsp3) is 0.250. The molecule has 0 saturated carbocycles. The molecular formula is C20H25N7. The molecule has 0 aromatic carbocycles. The Morgan fingerprint density at radius 1 is 1.41 bits per heavy atom. The molecule has 1 aliphatic rings. The summed E-state index contributed by atoms with van der Waals surface area (Å²) in [6.07, 6.45) is 10.1. The summed E-state index contributed by atoms with van der Waals surface area (Å²) >= 11 is 0. The lowest BCUT2D eigenvalue weighted by Gasteiger charge is -2.24. The minimum atomic E-state index is 0.470. The molecule has 2 aromatic rings. The molecule has 5 N–H and O–H groups in total. The summed E-state index contributed by atoms with van der Waals surface area (Å²) in [6, 6.07) is 5.82. The van der Waals surface area contributed by atoms with E-state index < -0.39 is 0 Å². The van der Waals surface area contributed by atoms with Gasteiger partial charge >= 0.3 is 0 Å². The zero-order valence-electron chi connectivity index (χ0n) is 15.8. The van der Waals surface area contributed by atoms with Crippen LogP contribution in [0.5, 0.6) is 0 Å². The molecule has 0 fully saturated rings. The summed E-state index contributed by atoms with van der Waals surface area (Å²) in [7, 11) is 1.71. The molecule has 3 heterocycles. The van der Waals surface area contributed by atoms with Crippen LogP contribution in [0.4, 0.5) is 5.82 Å². The molecule has 0 aliphatic carbocycles. The average Bonchev–Trinajstić information content (AvgIpc) is 2.71. The molecule has 1 aliphatic heterocycles. The number of allylic oxidation sites excluding steroid dienone is 3. The first-order chi connectivity index (χ1) is 13.1. The van der Waals surface area contributed by atoms with Gasteiger partial charge in [-0.1, -0.05) is 19.4 Å². The van der Waals surface area contributed by atoms with E-state index in [0.717, 1.165) is 40.2 Å². The highest BCUT2D eigenvalue weighted by atomic mass is 15.4. The number of nitrogens with one attached hydrogen (secondary N) is 1. The maximum absolute atomic E-state index is 5.70. The van der Waals surface area contributed by atoms with Gasteiger partial charge in [0.25, 0.3) is 0 Å². The lowest BCUT2D eigenvalue weighted by atomic mass is 9.98. The molecule has 2 aromatic heterocycles. The summed E-state index contributed by atoms with van der Waals surface area (Å²) in [5, 5.41) is 3.34.